The molecule has 4 heteroatoms. The molecule has 2 aromatic rings. The molecule has 1 aromatic carbocycles. The third-order valence-corrected chi connectivity index (χ3v) is 3.50. The number of rotatable bonds is 4. The summed E-state index contributed by atoms with van der Waals surface area (Å²) < 4.78 is 5.78. The molecule has 106 valence electrons. The zero-order valence-electron chi connectivity index (χ0n) is 12.1. The van der Waals surface area contributed by atoms with Gasteiger partial charge in [-0.1, -0.05) is 30.3 Å². The molecule has 1 heterocycles. The van der Waals surface area contributed by atoms with E-state index in [4.69, 9.17) is 10.5 Å². The topological polar surface area (TPSA) is 48.1 Å². The SMILES string of the molecule is CC(C)(C)Oc1nc(SCc2ccccc2)ccc1N. The molecule has 0 atom stereocenters. The predicted octanol–water partition coefficient (Wildman–Crippen LogP) is 4.13. The van der Waals surface area contributed by atoms with Crippen molar-refractivity contribution < 1.29 is 4.74 Å². The van der Waals surface area contributed by atoms with Gasteiger partial charge in [0, 0.05) is 5.75 Å². The summed E-state index contributed by atoms with van der Waals surface area (Å²) in [5.74, 6) is 1.39. The summed E-state index contributed by atoms with van der Waals surface area (Å²) >= 11 is 1.68. The van der Waals surface area contributed by atoms with Crippen LogP contribution in [0.1, 0.15) is 26.3 Å². The lowest BCUT2D eigenvalue weighted by molar-refractivity contribution is 0.124. The van der Waals surface area contributed by atoms with Crippen molar-refractivity contribution in [2.45, 2.75) is 37.2 Å². The van der Waals surface area contributed by atoms with E-state index in [9.17, 15) is 0 Å². The average Bonchev–Trinajstić information content (AvgIpc) is 2.39. The Bertz CT molecular complexity index is 564. The second-order valence-corrected chi connectivity index (χ2v) is 6.53. The van der Waals surface area contributed by atoms with Crippen LogP contribution in [0, 0.1) is 0 Å². The largest absolute Gasteiger partial charge is 0.470 e. The maximum Gasteiger partial charge on any atom is 0.238 e. The molecule has 0 unspecified atom stereocenters. The van der Waals surface area contributed by atoms with Gasteiger partial charge in [0.1, 0.15) is 10.6 Å². The highest BCUT2D eigenvalue weighted by molar-refractivity contribution is 7.98. The van der Waals surface area contributed by atoms with Crippen LogP contribution in [0.5, 0.6) is 5.88 Å². The van der Waals surface area contributed by atoms with E-state index >= 15 is 0 Å². The van der Waals surface area contributed by atoms with Gasteiger partial charge in [-0.2, -0.15) is 0 Å². The highest BCUT2D eigenvalue weighted by Crippen LogP contribution is 2.28. The molecule has 0 aliphatic heterocycles. The fourth-order valence-electron chi connectivity index (χ4n) is 1.62. The molecule has 0 aliphatic carbocycles. The number of hydrogen-bond donors (Lipinski definition) is 1. The van der Waals surface area contributed by atoms with E-state index in [-0.39, 0.29) is 5.60 Å². The molecule has 1 aromatic heterocycles. The molecule has 0 saturated heterocycles. The van der Waals surface area contributed by atoms with Crippen molar-refractivity contribution in [3.63, 3.8) is 0 Å². The molecular weight excluding hydrogens is 268 g/mol. The summed E-state index contributed by atoms with van der Waals surface area (Å²) in [6.45, 7) is 5.95. The van der Waals surface area contributed by atoms with Crippen molar-refractivity contribution in [2.75, 3.05) is 5.73 Å². The molecule has 0 saturated carbocycles. The van der Waals surface area contributed by atoms with Gasteiger partial charge < -0.3 is 10.5 Å². The normalized spacial score (nSPS) is 11.3. The smallest absolute Gasteiger partial charge is 0.238 e. The van der Waals surface area contributed by atoms with Crippen LogP contribution in [0.4, 0.5) is 5.69 Å². The first-order chi connectivity index (χ1) is 9.44. The Hall–Kier alpha value is -1.68. The summed E-state index contributed by atoms with van der Waals surface area (Å²) in [7, 11) is 0. The third kappa shape index (κ3) is 4.46. The Morgan fingerprint density at radius 1 is 1.10 bits per heavy atom. The van der Waals surface area contributed by atoms with Crippen LogP contribution < -0.4 is 10.5 Å². The van der Waals surface area contributed by atoms with Crippen molar-refractivity contribution in [1.29, 1.82) is 0 Å². The fourth-order valence-corrected chi connectivity index (χ4v) is 2.44. The number of anilines is 1. The number of aromatic nitrogens is 1. The summed E-state index contributed by atoms with van der Waals surface area (Å²) in [5, 5.41) is 0.919. The quantitative estimate of drug-likeness (QED) is 0.859. The van der Waals surface area contributed by atoms with Crippen LogP contribution in [0.2, 0.25) is 0 Å². The van der Waals surface area contributed by atoms with Gasteiger partial charge in [0.05, 0.1) is 5.69 Å². The molecule has 20 heavy (non-hydrogen) atoms. The molecule has 0 amide bonds. The second-order valence-electron chi connectivity index (χ2n) is 5.53. The van der Waals surface area contributed by atoms with E-state index in [1.165, 1.54) is 5.56 Å². The molecule has 0 aliphatic rings. The number of nitrogens with two attached hydrogens (primary N) is 1. The van der Waals surface area contributed by atoms with Crippen molar-refractivity contribution in [3.05, 3.63) is 48.0 Å². The molecule has 0 spiro atoms. The highest BCUT2D eigenvalue weighted by atomic mass is 32.2. The van der Waals surface area contributed by atoms with Crippen LogP contribution in [-0.2, 0) is 5.75 Å². The number of ether oxygens (including phenoxy) is 1. The fraction of sp³-hybridized carbons (Fsp3) is 0.312. The molecule has 2 N–H and O–H groups in total. The minimum Gasteiger partial charge on any atom is -0.470 e. The zero-order chi connectivity index (χ0) is 14.6. The number of hydrogen-bond acceptors (Lipinski definition) is 4. The highest BCUT2D eigenvalue weighted by Gasteiger charge is 2.15. The summed E-state index contributed by atoms with van der Waals surface area (Å²) in [6, 6.07) is 14.1. The Morgan fingerprint density at radius 2 is 1.80 bits per heavy atom. The lowest BCUT2D eigenvalue weighted by Crippen LogP contribution is -2.24. The number of pyridine rings is 1. The van der Waals surface area contributed by atoms with Gasteiger partial charge in [-0.15, -0.1) is 11.8 Å². The van der Waals surface area contributed by atoms with Gasteiger partial charge in [-0.3, -0.25) is 0 Å². The first-order valence-electron chi connectivity index (χ1n) is 6.56. The molecule has 3 nitrogen and oxygen atoms in total. The third-order valence-electron chi connectivity index (χ3n) is 2.50. The van der Waals surface area contributed by atoms with Gasteiger partial charge in [0.2, 0.25) is 5.88 Å². The first kappa shape index (κ1) is 14.7. The maximum absolute atomic E-state index is 5.91. The summed E-state index contributed by atoms with van der Waals surface area (Å²) in [4.78, 5) is 4.49. The Labute approximate surface area is 124 Å². The summed E-state index contributed by atoms with van der Waals surface area (Å²) in [6.07, 6.45) is 0. The van der Waals surface area contributed by atoms with E-state index in [1.807, 2.05) is 51.1 Å². The predicted molar refractivity (Wildman–Crippen MR) is 85.0 cm³/mol. The average molecular weight is 288 g/mol. The van der Waals surface area contributed by atoms with Gasteiger partial charge in [-0.25, -0.2) is 4.98 Å². The van der Waals surface area contributed by atoms with Crippen molar-refractivity contribution >= 4 is 17.4 Å². The Kier molecular flexibility index (Phi) is 4.55. The van der Waals surface area contributed by atoms with Gasteiger partial charge in [0.25, 0.3) is 0 Å². The van der Waals surface area contributed by atoms with Gasteiger partial charge in [-0.05, 0) is 38.5 Å². The minimum atomic E-state index is -0.302. The second kappa shape index (κ2) is 6.18. The Morgan fingerprint density at radius 3 is 2.45 bits per heavy atom. The lowest BCUT2D eigenvalue weighted by Gasteiger charge is -2.21. The minimum absolute atomic E-state index is 0.302. The Balaban J connectivity index is 2.07. The number of benzene rings is 1. The monoisotopic (exact) mass is 288 g/mol. The number of thioether (sulfide) groups is 1. The van der Waals surface area contributed by atoms with Crippen molar-refractivity contribution in [3.8, 4) is 5.88 Å². The van der Waals surface area contributed by atoms with Crippen LogP contribution in [0.3, 0.4) is 0 Å². The lowest BCUT2D eigenvalue weighted by atomic mass is 10.2. The summed E-state index contributed by atoms with van der Waals surface area (Å²) in [5.41, 5.74) is 7.45. The van der Waals surface area contributed by atoms with E-state index in [1.54, 1.807) is 11.8 Å². The molecule has 0 fully saturated rings. The van der Waals surface area contributed by atoms with E-state index in [0.29, 0.717) is 11.6 Å². The zero-order valence-corrected chi connectivity index (χ0v) is 12.9. The molecule has 2 rings (SSSR count). The first-order valence-corrected chi connectivity index (χ1v) is 7.55. The number of nitrogens with zero attached hydrogens (tertiary/aromatic N) is 1. The van der Waals surface area contributed by atoms with Crippen molar-refractivity contribution in [1.82, 2.24) is 4.98 Å². The van der Waals surface area contributed by atoms with Gasteiger partial charge >= 0.3 is 0 Å². The van der Waals surface area contributed by atoms with Crippen LogP contribution >= 0.6 is 11.8 Å². The van der Waals surface area contributed by atoms with Crippen LogP contribution in [0.15, 0.2) is 47.5 Å². The van der Waals surface area contributed by atoms with Crippen LogP contribution in [0.25, 0.3) is 0 Å². The van der Waals surface area contributed by atoms with Gasteiger partial charge in [0.15, 0.2) is 0 Å². The molecule has 0 radical (unpaired) electrons. The maximum atomic E-state index is 5.91. The number of nitrogen functional groups attached to an aromatic ring is 1. The molecular formula is C16H20N2OS. The van der Waals surface area contributed by atoms with E-state index < -0.39 is 0 Å². The standard InChI is InChI=1S/C16H20N2OS/c1-16(2,3)19-15-13(17)9-10-14(18-15)20-11-12-7-5-4-6-8-12/h4-10H,11,17H2,1-3H3. The van der Waals surface area contributed by atoms with E-state index in [2.05, 4.69) is 17.1 Å². The van der Waals surface area contributed by atoms with Crippen molar-refractivity contribution in [2.24, 2.45) is 0 Å². The molecule has 0 bridgehead atoms. The van der Waals surface area contributed by atoms with Crippen LogP contribution in [-0.4, -0.2) is 10.6 Å². The van der Waals surface area contributed by atoms with E-state index in [0.717, 1.165) is 10.8 Å².